The van der Waals surface area contributed by atoms with Gasteiger partial charge in [0, 0.05) is 28.0 Å². The molecule has 212 valence electrons. The van der Waals surface area contributed by atoms with E-state index in [1.54, 1.807) is 29.3 Å². The highest BCUT2D eigenvalue weighted by Crippen LogP contribution is 2.30. The van der Waals surface area contributed by atoms with Gasteiger partial charge in [-0.15, -0.1) is 0 Å². The van der Waals surface area contributed by atoms with Gasteiger partial charge >= 0.3 is 5.97 Å². The summed E-state index contributed by atoms with van der Waals surface area (Å²) in [4.78, 5) is 42.5. The molecule has 1 saturated heterocycles. The van der Waals surface area contributed by atoms with Crippen molar-refractivity contribution in [2.75, 3.05) is 25.6 Å². The van der Waals surface area contributed by atoms with Gasteiger partial charge in [0.25, 0.3) is 5.91 Å². The number of halogens is 2. The number of carbonyl (C=O) groups is 3. The number of rotatable bonds is 8. The molecule has 0 unspecified atom stereocenters. The van der Waals surface area contributed by atoms with Crippen molar-refractivity contribution < 1.29 is 28.2 Å². The molecule has 2 N–H and O–H groups in total. The molecule has 10 heteroatoms. The Balaban J connectivity index is 1.16. The smallest absolute Gasteiger partial charge is 0.308 e. The number of benzene rings is 2. The number of aromatic nitrogens is 1. The lowest BCUT2D eigenvalue weighted by Crippen LogP contribution is -2.40. The predicted octanol–water partition coefficient (Wildman–Crippen LogP) is 5.41. The number of esters is 1. The molecule has 40 heavy (non-hydrogen) atoms. The third-order valence-corrected chi connectivity index (χ3v) is 8.54. The normalized spacial score (nSPS) is 22.8. The van der Waals surface area contributed by atoms with Crippen molar-refractivity contribution in [3.8, 4) is 0 Å². The predicted molar refractivity (Wildman–Crippen MR) is 153 cm³/mol. The lowest BCUT2D eigenvalue weighted by Gasteiger charge is -2.30. The van der Waals surface area contributed by atoms with Gasteiger partial charge < -0.3 is 24.7 Å². The second-order valence-corrected chi connectivity index (χ2v) is 11.4. The molecule has 2 fully saturated rings. The molecule has 1 saturated carbocycles. The van der Waals surface area contributed by atoms with Gasteiger partial charge in [-0.25, -0.2) is 4.39 Å². The number of para-hydroxylation sites is 1. The van der Waals surface area contributed by atoms with Crippen molar-refractivity contribution in [1.82, 2.24) is 9.88 Å². The summed E-state index contributed by atoms with van der Waals surface area (Å²) in [6, 6.07) is 12.6. The second kappa shape index (κ2) is 12.5. The van der Waals surface area contributed by atoms with Crippen LogP contribution in [0.25, 0.3) is 10.9 Å². The first-order valence-electron chi connectivity index (χ1n) is 13.6. The third-order valence-electron chi connectivity index (χ3n) is 7.89. The summed E-state index contributed by atoms with van der Waals surface area (Å²) in [5.74, 6) is -0.667. The highest BCUT2D eigenvalue weighted by atomic mass is 79.9. The Hall–Kier alpha value is -3.24. The Bertz CT molecular complexity index is 1390. The van der Waals surface area contributed by atoms with Crippen LogP contribution < -0.4 is 5.32 Å². The van der Waals surface area contributed by atoms with Gasteiger partial charge in [0.2, 0.25) is 5.91 Å². The van der Waals surface area contributed by atoms with Crippen molar-refractivity contribution in [3.63, 3.8) is 0 Å². The minimum absolute atomic E-state index is 0.000476. The van der Waals surface area contributed by atoms with Crippen molar-refractivity contribution in [2.45, 2.75) is 56.8 Å². The van der Waals surface area contributed by atoms with E-state index < -0.39 is 6.17 Å². The summed E-state index contributed by atoms with van der Waals surface area (Å²) in [5.41, 5.74) is 2.77. The Morgan fingerprint density at radius 3 is 2.65 bits per heavy atom. The molecular formula is C30H33BrFN3O5. The van der Waals surface area contributed by atoms with E-state index in [1.165, 1.54) is 7.11 Å². The number of fused-ring (bicyclic) bond motifs is 1. The van der Waals surface area contributed by atoms with Crippen LogP contribution in [0.2, 0.25) is 0 Å². The average Bonchev–Trinajstić information content (AvgIpc) is 3.56. The average molecular weight is 615 g/mol. The maximum atomic E-state index is 14.4. The fourth-order valence-corrected chi connectivity index (χ4v) is 6.22. The Morgan fingerprint density at radius 1 is 1.12 bits per heavy atom. The van der Waals surface area contributed by atoms with E-state index in [1.807, 2.05) is 24.3 Å². The van der Waals surface area contributed by atoms with Crippen molar-refractivity contribution >= 4 is 50.3 Å². The molecule has 2 aliphatic rings. The third kappa shape index (κ3) is 6.39. The molecule has 0 spiro atoms. The number of anilines is 1. The number of nitrogens with one attached hydrogen (secondary N) is 2. The first kappa shape index (κ1) is 28.3. The highest BCUT2D eigenvalue weighted by molar-refractivity contribution is 9.10. The van der Waals surface area contributed by atoms with E-state index in [2.05, 4.69) is 26.2 Å². The highest BCUT2D eigenvalue weighted by Gasteiger charge is 2.36. The summed E-state index contributed by atoms with van der Waals surface area (Å²) in [6.07, 6.45) is 3.89. The van der Waals surface area contributed by atoms with Crippen LogP contribution in [0.4, 0.5) is 10.1 Å². The van der Waals surface area contributed by atoms with E-state index in [9.17, 15) is 18.8 Å². The van der Waals surface area contributed by atoms with E-state index in [0.29, 0.717) is 28.6 Å². The summed E-state index contributed by atoms with van der Waals surface area (Å²) >= 11 is 3.51. The molecule has 2 amide bonds. The van der Waals surface area contributed by atoms with Gasteiger partial charge in [0.1, 0.15) is 6.17 Å². The molecule has 2 atom stereocenters. The fraction of sp³-hybridized carbons (Fsp3) is 0.433. The van der Waals surface area contributed by atoms with Crippen molar-refractivity contribution in [1.29, 1.82) is 0 Å². The number of amides is 2. The van der Waals surface area contributed by atoms with Crippen LogP contribution in [0.1, 0.15) is 48.0 Å². The SMILES string of the molecule is COC(=O)C1CCC(OC[C@@H]2C[C@H](F)CN2C(=O)Cc2ccc(NC(=O)c3c[nH]c4ccccc34)c(Br)c2)CC1. The fourth-order valence-electron chi connectivity index (χ4n) is 5.70. The molecule has 5 rings (SSSR count). The second-order valence-electron chi connectivity index (χ2n) is 10.6. The number of likely N-dealkylation sites (tertiary alicyclic amines) is 1. The van der Waals surface area contributed by atoms with Crippen molar-refractivity contribution in [3.05, 3.63) is 64.3 Å². The van der Waals surface area contributed by atoms with Gasteiger partial charge in [-0.3, -0.25) is 14.4 Å². The maximum Gasteiger partial charge on any atom is 0.308 e. The minimum atomic E-state index is -1.08. The molecule has 0 bridgehead atoms. The van der Waals surface area contributed by atoms with Crippen LogP contribution in [0, 0.1) is 5.92 Å². The number of hydrogen-bond donors (Lipinski definition) is 2. The summed E-state index contributed by atoms with van der Waals surface area (Å²) < 4.78 is 25.9. The lowest BCUT2D eigenvalue weighted by atomic mass is 9.87. The Kier molecular flexibility index (Phi) is 8.85. The maximum absolute atomic E-state index is 14.4. The molecule has 1 aromatic heterocycles. The van der Waals surface area contributed by atoms with Crippen molar-refractivity contribution in [2.24, 2.45) is 5.92 Å². The van der Waals surface area contributed by atoms with E-state index in [4.69, 9.17) is 9.47 Å². The number of methoxy groups -OCH3 is 1. The van der Waals surface area contributed by atoms with Crippen LogP contribution in [0.15, 0.2) is 53.1 Å². The number of aromatic amines is 1. The first-order chi connectivity index (χ1) is 19.3. The number of alkyl halides is 1. The molecule has 2 heterocycles. The Morgan fingerprint density at radius 2 is 1.90 bits per heavy atom. The zero-order chi connectivity index (χ0) is 28.2. The number of hydrogen-bond acceptors (Lipinski definition) is 5. The summed E-state index contributed by atoms with van der Waals surface area (Å²) in [6.45, 7) is 0.337. The summed E-state index contributed by atoms with van der Waals surface area (Å²) in [5, 5.41) is 3.76. The molecule has 2 aromatic carbocycles. The lowest BCUT2D eigenvalue weighted by molar-refractivity contribution is -0.148. The molecule has 0 radical (unpaired) electrons. The van der Waals surface area contributed by atoms with Crippen LogP contribution in [-0.2, 0) is 25.5 Å². The van der Waals surface area contributed by atoms with Crippen LogP contribution in [-0.4, -0.2) is 66.2 Å². The van der Waals surface area contributed by atoms with Gasteiger partial charge in [-0.1, -0.05) is 24.3 Å². The zero-order valence-electron chi connectivity index (χ0n) is 22.3. The summed E-state index contributed by atoms with van der Waals surface area (Å²) in [7, 11) is 1.40. The number of nitrogens with zero attached hydrogens (tertiary/aromatic N) is 1. The quantitative estimate of drug-likeness (QED) is 0.331. The molecule has 1 aliphatic carbocycles. The largest absolute Gasteiger partial charge is 0.469 e. The van der Waals surface area contributed by atoms with Crippen LogP contribution in [0.3, 0.4) is 0 Å². The zero-order valence-corrected chi connectivity index (χ0v) is 23.9. The van der Waals surface area contributed by atoms with Gasteiger partial charge in [0.15, 0.2) is 0 Å². The molecule has 1 aliphatic heterocycles. The molecular weight excluding hydrogens is 581 g/mol. The number of ether oxygens (including phenoxy) is 2. The number of H-pyrrole nitrogens is 1. The van der Waals surface area contributed by atoms with E-state index in [0.717, 1.165) is 29.3 Å². The van der Waals surface area contributed by atoms with Crippen LogP contribution >= 0.6 is 15.9 Å². The van der Waals surface area contributed by atoms with Crippen LogP contribution in [0.5, 0.6) is 0 Å². The van der Waals surface area contributed by atoms with Gasteiger partial charge in [-0.05, 0) is 65.4 Å². The first-order valence-corrected chi connectivity index (χ1v) is 14.4. The number of carbonyl (C=O) groups excluding carboxylic acids is 3. The Labute approximate surface area is 240 Å². The van der Waals surface area contributed by atoms with Gasteiger partial charge in [0.05, 0.1) is 56.0 Å². The topological polar surface area (TPSA) is 101 Å². The monoisotopic (exact) mass is 613 g/mol. The van der Waals surface area contributed by atoms with E-state index in [-0.39, 0.29) is 61.8 Å². The van der Waals surface area contributed by atoms with E-state index >= 15 is 0 Å². The minimum Gasteiger partial charge on any atom is -0.469 e. The van der Waals surface area contributed by atoms with Gasteiger partial charge in [-0.2, -0.15) is 0 Å². The standard InChI is InChI=1S/C30H33BrFN3O5/c1-39-30(38)19-7-9-22(10-8-19)40-17-21-14-20(32)16-35(21)28(36)13-18-6-11-27(25(31)12-18)34-29(37)24-15-33-26-5-3-2-4-23(24)26/h2-6,11-12,15,19-22,33H,7-10,13-14,16-17H2,1H3,(H,34,37)/t19?,20-,21-,22?/m0/s1. The molecule has 8 nitrogen and oxygen atoms in total. The molecule has 3 aromatic rings.